The molecule has 2 fully saturated rings. The van der Waals surface area contributed by atoms with Crippen molar-refractivity contribution in [2.24, 2.45) is 23.7 Å². The average molecular weight is 607 g/mol. The monoisotopic (exact) mass is 606 g/mol. The molecule has 2 aliphatic carbocycles. The minimum Gasteiger partial charge on any atom is -0.407 e. The molecule has 2 rings (SSSR count). The lowest BCUT2D eigenvalue weighted by Gasteiger charge is -2.42. The molecule has 228 valence electrons. The van der Waals surface area contributed by atoms with E-state index in [1.807, 2.05) is 33.8 Å². The molecule has 0 aromatic rings. The van der Waals surface area contributed by atoms with Crippen molar-refractivity contribution in [3.63, 3.8) is 0 Å². The zero-order valence-electron chi connectivity index (χ0n) is 24.1. The molecule has 2 bridgehead atoms. The number of Topliss-reactive ketones (excluding diaryl/α,β-unsaturated/α-hetero) is 1. The van der Waals surface area contributed by atoms with E-state index in [2.05, 4.69) is 23.4 Å². The summed E-state index contributed by atoms with van der Waals surface area (Å²) >= 11 is 0. The lowest BCUT2D eigenvalue weighted by molar-refractivity contribution is -0.123. The normalized spacial score (nSPS) is 28.4. The Morgan fingerprint density at radius 3 is 2.12 bits per heavy atom. The summed E-state index contributed by atoms with van der Waals surface area (Å²) in [7, 11) is -8.45. The summed E-state index contributed by atoms with van der Waals surface area (Å²) in [4.78, 5) is 14.0. The van der Waals surface area contributed by atoms with Crippen molar-refractivity contribution in [1.29, 1.82) is 0 Å². The van der Waals surface area contributed by atoms with Crippen molar-refractivity contribution >= 4 is 24.2 Å². The Morgan fingerprint density at radius 1 is 1.05 bits per heavy atom. The van der Waals surface area contributed by atoms with Crippen LogP contribution in [0.4, 0.5) is 13.2 Å². The van der Waals surface area contributed by atoms with E-state index in [0.717, 1.165) is 49.9 Å². The van der Waals surface area contributed by atoms with Crippen LogP contribution in [0.1, 0.15) is 66.2 Å². The van der Waals surface area contributed by atoms with Crippen LogP contribution in [0.3, 0.4) is 0 Å². The number of hydrogen-bond donors (Lipinski definition) is 1. The molecule has 2 saturated carbocycles. The third-order valence-electron chi connectivity index (χ3n) is 8.92. The SMILES string of the molecule is C=C/C(OS(=O)(=O)C(F)(F)F)=C1/C(=O)[C@H]2[C@@H](CCO)[C@H](CCCCC/C=C/C)[C@@H]1[C@]2(C=C)O[Si](CC)(CC)CC. The van der Waals surface area contributed by atoms with E-state index in [9.17, 15) is 31.5 Å². The van der Waals surface area contributed by atoms with Crippen LogP contribution in [0.25, 0.3) is 0 Å². The third-order valence-corrected chi connectivity index (χ3v) is 14.5. The largest absolute Gasteiger partial charge is 0.534 e. The van der Waals surface area contributed by atoms with Crippen LogP contribution in [0, 0.1) is 23.7 Å². The van der Waals surface area contributed by atoms with Gasteiger partial charge >= 0.3 is 15.6 Å². The zero-order chi connectivity index (χ0) is 30.4. The smallest absolute Gasteiger partial charge is 0.407 e. The number of rotatable bonds is 17. The molecule has 0 spiro atoms. The van der Waals surface area contributed by atoms with E-state index < -0.39 is 52.9 Å². The van der Waals surface area contributed by atoms with E-state index >= 15 is 0 Å². The van der Waals surface area contributed by atoms with Gasteiger partial charge in [0.15, 0.2) is 14.1 Å². The van der Waals surface area contributed by atoms with E-state index in [1.165, 1.54) is 0 Å². The van der Waals surface area contributed by atoms with E-state index in [-0.39, 0.29) is 24.0 Å². The first-order valence-electron chi connectivity index (χ1n) is 14.3. The number of carbonyl (C=O) groups is 1. The number of hydrogen-bond acceptors (Lipinski definition) is 6. The van der Waals surface area contributed by atoms with Gasteiger partial charge in [0.25, 0.3) is 0 Å². The van der Waals surface area contributed by atoms with Crippen LogP contribution in [-0.2, 0) is 23.5 Å². The molecule has 0 heterocycles. The molecule has 0 aliphatic heterocycles. The molecular formula is C29H45F3O6SSi. The zero-order valence-corrected chi connectivity index (χ0v) is 26.0. The summed E-state index contributed by atoms with van der Waals surface area (Å²) in [6.45, 7) is 15.4. The van der Waals surface area contributed by atoms with Gasteiger partial charge in [0.05, 0.1) is 11.5 Å². The quantitative estimate of drug-likeness (QED) is 0.0358. The minimum absolute atomic E-state index is 0.132. The molecule has 0 aromatic heterocycles. The lowest BCUT2D eigenvalue weighted by Crippen LogP contribution is -2.50. The van der Waals surface area contributed by atoms with Gasteiger partial charge < -0.3 is 13.7 Å². The molecule has 0 amide bonds. The number of fused-ring (bicyclic) bond motifs is 2. The maximum atomic E-state index is 14.0. The Hall–Kier alpha value is -1.69. The first-order valence-corrected chi connectivity index (χ1v) is 18.2. The van der Waals surface area contributed by atoms with Crippen molar-refractivity contribution < 1.29 is 40.1 Å². The molecule has 0 aromatic carbocycles. The molecule has 1 N–H and O–H groups in total. The number of carbonyl (C=O) groups excluding carboxylic acids is 1. The molecular weight excluding hydrogens is 561 g/mol. The van der Waals surface area contributed by atoms with Crippen molar-refractivity contribution in [3.8, 4) is 0 Å². The van der Waals surface area contributed by atoms with Gasteiger partial charge in [-0.1, -0.05) is 58.4 Å². The molecule has 6 nitrogen and oxygen atoms in total. The van der Waals surface area contributed by atoms with Crippen LogP contribution in [-0.4, -0.2) is 45.3 Å². The van der Waals surface area contributed by atoms with Gasteiger partial charge in [-0.25, -0.2) is 0 Å². The predicted octanol–water partition coefficient (Wildman–Crippen LogP) is 7.21. The molecule has 2 aliphatic rings. The maximum Gasteiger partial charge on any atom is 0.534 e. The number of ketones is 1. The number of unbranched alkanes of at least 4 members (excludes halogenated alkanes) is 3. The summed E-state index contributed by atoms with van der Waals surface area (Å²) in [6, 6.07) is 2.28. The Morgan fingerprint density at radius 2 is 1.65 bits per heavy atom. The van der Waals surface area contributed by atoms with Gasteiger partial charge in [0.2, 0.25) is 0 Å². The van der Waals surface area contributed by atoms with Crippen LogP contribution in [0.2, 0.25) is 18.1 Å². The summed E-state index contributed by atoms with van der Waals surface area (Å²) in [5, 5.41) is 9.97. The van der Waals surface area contributed by atoms with Crippen LogP contribution in [0.15, 0.2) is 48.8 Å². The Bertz CT molecular complexity index is 1070. The fourth-order valence-electron chi connectivity index (χ4n) is 6.81. The lowest BCUT2D eigenvalue weighted by atomic mass is 9.72. The number of allylic oxidation sites excluding steroid dienone is 3. The second-order valence-corrected chi connectivity index (χ2v) is 17.0. The topological polar surface area (TPSA) is 89.9 Å². The van der Waals surface area contributed by atoms with Gasteiger partial charge in [-0.15, -0.1) is 6.58 Å². The highest BCUT2D eigenvalue weighted by molar-refractivity contribution is 7.87. The molecule has 11 heteroatoms. The van der Waals surface area contributed by atoms with Crippen molar-refractivity contribution in [3.05, 3.63) is 48.8 Å². The van der Waals surface area contributed by atoms with Crippen LogP contribution >= 0.6 is 0 Å². The van der Waals surface area contributed by atoms with Crippen molar-refractivity contribution in [2.75, 3.05) is 6.61 Å². The van der Waals surface area contributed by atoms with E-state index in [0.29, 0.717) is 12.8 Å². The van der Waals surface area contributed by atoms with Gasteiger partial charge in [0.1, 0.15) is 5.76 Å². The van der Waals surface area contributed by atoms with E-state index in [4.69, 9.17) is 4.43 Å². The molecule has 0 saturated heterocycles. The predicted molar refractivity (Wildman–Crippen MR) is 153 cm³/mol. The Kier molecular flexibility index (Phi) is 12.1. The molecule has 0 unspecified atom stereocenters. The van der Waals surface area contributed by atoms with E-state index in [1.54, 1.807) is 6.08 Å². The fourth-order valence-corrected chi connectivity index (χ4v) is 10.3. The van der Waals surface area contributed by atoms with Crippen LogP contribution < -0.4 is 0 Å². The summed E-state index contributed by atoms with van der Waals surface area (Å²) in [6.07, 6.45) is 11.1. The Balaban J connectivity index is 2.74. The highest BCUT2D eigenvalue weighted by Gasteiger charge is 2.71. The molecule has 40 heavy (non-hydrogen) atoms. The van der Waals surface area contributed by atoms with Gasteiger partial charge in [-0.05, 0) is 68.7 Å². The standard InChI is InChI=1S/C29H45F3O6SSi/c1-7-13-14-15-16-17-18-21-22(19-20-33)26-27(34)24(23(8-2)37-39(35,36)29(30,31)32)25(21)28(26,9-3)38-40(10-4,11-5)12-6/h7-9,13,21-22,25-26,33H,2-3,10-12,14-20H2,1,4-6H3/b13-7+,24-23-/t21-,22-,25-,26+,28-/m0/s1. The van der Waals surface area contributed by atoms with Crippen molar-refractivity contribution in [2.45, 2.75) is 95.5 Å². The second kappa shape index (κ2) is 14.0. The fraction of sp³-hybridized carbons (Fsp3) is 0.690. The number of aliphatic hydroxyl groups excluding tert-OH is 1. The maximum absolute atomic E-state index is 14.0. The summed E-state index contributed by atoms with van der Waals surface area (Å²) in [5.74, 6) is -3.39. The number of halogens is 3. The number of aliphatic hydroxyl groups is 1. The highest BCUT2D eigenvalue weighted by Crippen LogP contribution is 2.65. The van der Waals surface area contributed by atoms with Gasteiger partial charge in [-0.3, -0.25) is 4.79 Å². The van der Waals surface area contributed by atoms with Crippen molar-refractivity contribution in [1.82, 2.24) is 0 Å². The third kappa shape index (κ3) is 6.52. The Labute approximate surface area is 238 Å². The second-order valence-electron chi connectivity index (χ2n) is 10.7. The average Bonchev–Trinajstić information content (AvgIpc) is 3.30. The van der Waals surface area contributed by atoms with Gasteiger partial charge in [-0.2, -0.15) is 21.6 Å². The van der Waals surface area contributed by atoms with Crippen LogP contribution in [0.5, 0.6) is 0 Å². The summed E-state index contributed by atoms with van der Waals surface area (Å²) in [5.41, 5.74) is -7.04. The first kappa shape index (κ1) is 34.5. The molecule has 0 radical (unpaired) electrons. The number of alkyl halides is 3. The highest BCUT2D eigenvalue weighted by atomic mass is 32.2. The minimum atomic E-state index is -6.04. The first-order chi connectivity index (χ1) is 18.8. The molecule has 5 atom stereocenters. The van der Waals surface area contributed by atoms with Gasteiger partial charge in [0, 0.05) is 18.1 Å². The summed E-state index contributed by atoms with van der Waals surface area (Å²) < 4.78 is 75.5.